The predicted molar refractivity (Wildman–Crippen MR) is 95.7 cm³/mol. The number of halogens is 1. The molecule has 3 heterocycles. The molecular weight excluding hydrogens is 325 g/mol. The molecular formula is C18H18FN3OS. The van der Waals surface area contributed by atoms with Crippen LogP contribution in [0.3, 0.4) is 0 Å². The second-order valence-electron chi connectivity index (χ2n) is 6.51. The van der Waals surface area contributed by atoms with E-state index in [1.807, 2.05) is 16.7 Å². The smallest absolute Gasteiger partial charge is 0.250 e. The van der Waals surface area contributed by atoms with Gasteiger partial charge in [0.15, 0.2) is 5.11 Å². The van der Waals surface area contributed by atoms with E-state index in [1.54, 1.807) is 24.3 Å². The first-order chi connectivity index (χ1) is 11.6. The molecule has 4 nitrogen and oxygen atoms in total. The number of thiocarbonyl (C=S) groups is 1. The largest absolute Gasteiger partial charge is 0.348 e. The number of likely N-dealkylation sites (tertiary alicyclic amines) is 1. The van der Waals surface area contributed by atoms with Gasteiger partial charge in [0, 0.05) is 37.3 Å². The minimum absolute atomic E-state index is 0.0720. The van der Waals surface area contributed by atoms with Crippen molar-refractivity contribution < 1.29 is 4.39 Å². The number of nitrogens with one attached hydrogen (secondary N) is 1. The summed E-state index contributed by atoms with van der Waals surface area (Å²) in [5.41, 5.74) is 1.55. The Balaban J connectivity index is 1.55. The SMILES string of the molecule is O=c1cccc2n1CC1CC2CN(C(=S)Nc2ccccc2F)C1. The van der Waals surface area contributed by atoms with Gasteiger partial charge in [-0.1, -0.05) is 18.2 Å². The molecule has 2 bridgehead atoms. The van der Waals surface area contributed by atoms with E-state index < -0.39 is 0 Å². The summed E-state index contributed by atoms with van der Waals surface area (Å²) in [7, 11) is 0. The average molecular weight is 343 g/mol. The molecule has 2 atom stereocenters. The Labute approximate surface area is 144 Å². The van der Waals surface area contributed by atoms with Crippen molar-refractivity contribution in [1.82, 2.24) is 9.47 Å². The van der Waals surface area contributed by atoms with Crippen LogP contribution < -0.4 is 10.9 Å². The van der Waals surface area contributed by atoms with Crippen LogP contribution in [0.15, 0.2) is 47.3 Å². The van der Waals surface area contributed by atoms with Crippen molar-refractivity contribution in [2.75, 3.05) is 18.4 Å². The lowest BCUT2D eigenvalue weighted by Gasteiger charge is -2.43. The summed E-state index contributed by atoms with van der Waals surface area (Å²) in [6.45, 7) is 2.27. The van der Waals surface area contributed by atoms with Crippen molar-refractivity contribution in [2.45, 2.75) is 18.9 Å². The second kappa shape index (κ2) is 6.02. The summed E-state index contributed by atoms with van der Waals surface area (Å²) in [6, 6.07) is 12.0. The third kappa shape index (κ3) is 2.71. The van der Waals surface area contributed by atoms with Crippen LogP contribution in [0.2, 0.25) is 0 Å². The highest BCUT2D eigenvalue weighted by molar-refractivity contribution is 7.80. The summed E-state index contributed by atoms with van der Waals surface area (Å²) >= 11 is 5.50. The number of para-hydroxylation sites is 1. The quantitative estimate of drug-likeness (QED) is 0.808. The third-order valence-corrected chi connectivity index (χ3v) is 5.24. The van der Waals surface area contributed by atoms with Crippen LogP contribution in [-0.4, -0.2) is 27.7 Å². The van der Waals surface area contributed by atoms with Gasteiger partial charge in [0.2, 0.25) is 0 Å². The van der Waals surface area contributed by atoms with Crippen LogP contribution in [0.1, 0.15) is 18.0 Å². The molecule has 2 unspecified atom stereocenters. The zero-order valence-corrected chi connectivity index (χ0v) is 13.9. The van der Waals surface area contributed by atoms with Crippen molar-refractivity contribution in [2.24, 2.45) is 5.92 Å². The molecule has 6 heteroatoms. The maximum Gasteiger partial charge on any atom is 0.250 e. The minimum Gasteiger partial charge on any atom is -0.348 e. The standard InChI is InChI=1S/C18H18FN3OS/c19-14-4-1-2-5-15(14)20-18(24)21-9-12-8-13(11-21)16-6-3-7-17(23)22(16)10-12/h1-7,12-13H,8-11H2,(H,20,24). The number of hydrogen-bond acceptors (Lipinski definition) is 2. The van der Waals surface area contributed by atoms with Gasteiger partial charge in [0.05, 0.1) is 5.69 Å². The summed E-state index contributed by atoms with van der Waals surface area (Å²) < 4.78 is 15.7. The average Bonchev–Trinajstić information content (AvgIpc) is 2.58. The van der Waals surface area contributed by atoms with Gasteiger partial charge in [0.1, 0.15) is 5.82 Å². The Morgan fingerprint density at radius 3 is 2.79 bits per heavy atom. The normalized spacial score (nSPS) is 22.0. The second-order valence-corrected chi connectivity index (χ2v) is 6.90. The van der Waals surface area contributed by atoms with E-state index in [4.69, 9.17) is 12.2 Å². The minimum atomic E-state index is -0.311. The number of piperidine rings is 1. The van der Waals surface area contributed by atoms with Crippen molar-refractivity contribution in [3.05, 3.63) is 64.3 Å². The molecule has 2 aromatic rings. The first-order valence-electron chi connectivity index (χ1n) is 8.12. The molecule has 4 rings (SSSR count). The number of nitrogens with zero attached hydrogens (tertiary/aromatic N) is 2. The molecule has 1 saturated heterocycles. The van der Waals surface area contributed by atoms with Crippen LogP contribution in [-0.2, 0) is 6.54 Å². The Morgan fingerprint density at radius 1 is 1.12 bits per heavy atom. The Kier molecular flexibility index (Phi) is 3.84. The number of aromatic nitrogens is 1. The Morgan fingerprint density at radius 2 is 1.96 bits per heavy atom. The van der Waals surface area contributed by atoms with Crippen LogP contribution in [0.4, 0.5) is 10.1 Å². The predicted octanol–water partition coefficient (Wildman–Crippen LogP) is 2.80. The molecule has 124 valence electrons. The topological polar surface area (TPSA) is 37.3 Å². The number of fused-ring (bicyclic) bond motifs is 4. The van der Waals surface area contributed by atoms with Crippen LogP contribution in [0, 0.1) is 11.7 Å². The van der Waals surface area contributed by atoms with Gasteiger partial charge in [-0.15, -0.1) is 0 Å². The number of hydrogen-bond donors (Lipinski definition) is 1. The summed E-state index contributed by atoms with van der Waals surface area (Å²) in [4.78, 5) is 14.2. The van der Waals surface area contributed by atoms with Crippen molar-refractivity contribution >= 4 is 23.0 Å². The molecule has 1 aromatic heterocycles. The van der Waals surface area contributed by atoms with E-state index in [9.17, 15) is 9.18 Å². The van der Waals surface area contributed by atoms with Gasteiger partial charge >= 0.3 is 0 Å². The van der Waals surface area contributed by atoms with Crippen molar-refractivity contribution in [3.8, 4) is 0 Å². The lowest BCUT2D eigenvalue weighted by molar-refractivity contribution is 0.180. The van der Waals surface area contributed by atoms with Crippen LogP contribution >= 0.6 is 12.2 Å². The summed E-state index contributed by atoms with van der Waals surface area (Å²) in [5, 5.41) is 3.56. The zero-order valence-electron chi connectivity index (χ0n) is 13.1. The molecule has 1 N–H and O–H groups in total. The lowest BCUT2D eigenvalue weighted by atomic mass is 9.83. The van der Waals surface area contributed by atoms with Gasteiger partial charge in [-0.3, -0.25) is 4.79 Å². The highest BCUT2D eigenvalue weighted by Crippen LogP contribution is 2.35. The van der Waals surface area contributed by atoms with E-state index in [1.165, 1.54) is 6.07 Å². The van der Waals surface area contributed by atoms with E-state index in [0.29, 0.717) is 16.7 Å². The fourth-order valence-electron chi connectivity index (χ4n) is 3.82. The highest BCUT2D eigenvalue weighted by Gasteiger charge is 2.35. The van der Waals surface area contributed by atoms with Crippen molar-refractivity contribution in [3.63, 3.8) is 0 Å². The number of anilines is 1. The molecule has 0 saturated carbocycles. The first-order valence-corrected chi connectivity index (χ1v) is 8.53. The molecule has 24 heavy (non-hydrogen) atoms. The lowest BCUT2D eigenvalue weighted by Crippen LogP contribution is -2.50. The van der Waals surface area contributed by atoms with E-state index in [-0.39, 0.29) is 17.3 Å². The summed E-state index contributed by atoms with van der Waals surface area (Å²) in [6.07, 6.45) is 1.07. The molecule has 0 aliphatic carbocycles. The molecule has 0 radical (unpaired) electrons. The highest BCUT2D eigenvalue weighted by atomic mass is 32.1. The van der Waals surface area contributed by atoms with E-state index in [2.05, 4.69) is 10.2 Å². The van der Waals surface area contributed by atoms with E-state index in [0.717, 1.165) is 31.7 Å². The van der Waals surface area contributed by atoms with Gasteiger partial charge in [-0.2, -0.15) is 0 Å². The molecule has 0 amide bonds. The van der Waals surface area contributed by atoms with Gasteiger partial charge in [-0.25, -0.2) is 4.39 Å². The monoisotopic (exact) mass is 343 g/mol. The molecule has 1 fully saturated rings. The molecule has 1 aromatic carbocycles. The van der Waals surface area contributed by atoms with Crippen LogP contribution in [0.5, 0.6) is 0 Å². The maximum absolute atomic E-state index is 13.8. The molecule has 0 spiro atoms. The molecule has 2 aliphatic heterocycles. The summed E-state index contributed by atoms with van der Waals surface area (Å²) in [5.74, 6) is 0.359. The Bertz CT molecular complexity index is 850. The van der Waals surface area contributed by atoms with Gasteiger partial charge in [-0.05, 0) is 42.8 Å². The van der Waals surface area contributed by atoms with Gasteiger partial charge < -0.3 is 14.8 Å². The third-order valence-electron chi connectivity index (χ3n) is 4.88. The first kappa shape index (κ1) is 15.3. The maximum atomic E-state index is 13.8. The fourth-order valence-corrected chi connectivity index (χ4v) is 4.08. The fraction of sp³-hybridized carbons (Fsp3) is 0.333. The Hall–Kier alpha value is -2.21. The number of pyridine rings is 1. The van der Waals surface area contributed by atoms with Crippen molar-refractivity contribution in [1.29, 1.82) is 0 Å². The van der Waals surface area contributed by atoms with Gasteiger partial charge in [0.25, 0.3) is 5.56 Å². The number of rotatable bonds is 1. The molecule has 2 aliphatic rings. The zero-order chi connectivity index (χ0) is 16.7. The number of benzene rings is 1. The van der Waals surface area contributed by atoms with E-state index >= 15 is 0 Å². The van der Waals surface area contributed by atoms with Crippen LogP contribution in [0.25, 0.3) is 0 Å².